The minimum atomic E-state index is 0.852. The Kier molecular flexibility index (Phi) is 2.92. The van der Waals surface area contributed by atoms with E-state index in [1.54, 1.807) is 0 Å². The highest BCUT2D eigenvalue weighted by Crippen LogP contribution is 2.09. The van der Waals surface area contributed by atoms with Crippen molar-refractivity contribution in [2.45, 2.75) is 0 Å². The fourth-order valence-electron chi connectivity index (χ4n) is 0.966. The number of hydrogen-bond donors (Lipinski definition) is 1. The maximum atomic E-state index is 6.69. The Balaban J connectivity index is 2.98. The fourth-order valence-corrected chi connectivity index (χ4v) is 0.966. The molecular formula is C10H10N2. The summed E-state index contributed by atoms with van der Waals surface area (Å²) in [6, 6.07) is 9.78. The van der Waals surface area contributed by atoms with Crippen LogP contribution in [0.4, 0.5) is 0 Å². The Hall–Kier alpha value is -1.75. The molecule has 0 spiro atoms. The average Bonchev–Trinajstić information content (AvgIpc) is 2.15. The lowest BCUT2D eigenvalue weighted by Gasteiger charge is -2.04. The molecule has 12 heavy (non-hydrogen) atoms. The first-order valence-corrected chi connectivity index (χ1v) is 3.68. The highest BCUT2D eigenvalue weighted by atomic mass is 14.8. The molecule has 0 saturated carbocycles. The second-order valence-corrected chi connectivity index (χ2v) is 2.29. The molecule has 0 radical (unpaired) electrons. The van der Waals surface area contributed by atoms with Crippen LogP contribution < -0.4 is 5.32 Å². The number of nitrogens with zero attached hydrogens (tertiary/aromatic N) is 1. The maximum absolute atomic E-state index is 6.69. The Bertz CT molecular complexity index is 306. The Labute approximate surface area is 72.4 Å². The van der Waals surface area contributed by atoms with Crippen LogP contribution in [0.1, 0.15) is 5.56 Å². The molecule has 0 saturated heterocycles. The molecular weight excluding hydrogens is 148 g/mol. The van der Waals surface area contributed by atoms with Gasteiger partial charge in [-0.3, -0.25) is 0 Å². The number of rotatable bonds is 2. The Morgan fingerprint density at radius 1 is 1.42 bits per heavy atom. The summed E-state index contributed by atoms with van der Waals surface area (Å²) in [6.45, 7) is 6.69. The van der Waals surface area contributed by atoms with E-state index in [0.717, 1.165) is 11.3 Å². The van der Waals surface area contributed by atoms with Gasteiger partial charge in [0, 0.05) is 12.7 Å². The van der Waals surface area contributed by atoms with Gasteiger partial charge >= 0.3 is 0 Å². The van der Waals surface area contributed by atoms with Crippen LogP contribution >= 0.6 is 0 Å². The molecule has 1 rings (SSSR count). The molecule has 0 aromatic heterocycles. The largest absolute Gasteiger partial charge is 0.397 e. The van der Waals surface area contributed by atoms with Gasteiger partial charge in [0.25, 0.3) is 0 Å². The van der Waals surface area contributed by atoms with Crippen molar-refractivity contribution >= 4 is 5.70 Å². The van der Waals surface area contributed by atoms with Crippen molar-refractivity contribution in [3.63, 3.8) is 0 Å². The van der Waals surface area contributed by atoms with Gasteiger partial charge in [-0.05, 0) is 5.56 Å². The van der Waals surface area contributed by atoms with Crippen molar-refractivity contribution < 1.29 is 0 Å². The Morgan fingerprint density at radius 2 is 2.08 bits per heavy atom. The van der Waals surface area contributed by atoms with Crippen molar-refractivity contribution in [3.05, 3.63) is 53.5 Å². The first-order chi connectivity index (χ1) is 5.88. The van der Waals surface area contributed by atoms with Gasteiger partial charge in [-0.2, -0.15) is 0 Å². The summed E-state index contributed by atoms with van der Waals surface area (Å²) in [6.07, 6.45) is 1.48. The third-order valence-electron chi connectivity index (χ3n) is 1.55. The molecule has 0 aliphatic rings. The zero-order valence-corrected chi connectivity index (χ0v) is 6.91. The van der Waals surface area contributed by atoms with Gasteiger partial charge in [-0.15, -0.1) is 0 Å². The van der Waals surface area contributed by atoms with E-state index in [1.165, 1.54) is 6.20 Å². The zero-order valence-electron chi connectivity index (χ0n) is 6.91. The van der Waals surface area contributed by atoms with Crippen LogP contribution in [0.5, 0.6) is 0 Å². The van der Waals surface area contributed by atoms with E-state index in [0.29, 0.717) is 0 Å². The summed E-state index contributed by atoms with van der Waals surface area (Å²) in [7, 11) is 1.81. The molecule has 1 aromatic carbocycles. The topological polar surface area (TPSA) is 16.4 Å². The van der Waals surface area contributed by atoms with Crippen molar-refractivity contribution in [2.75, 3.05) is 7.05 Å². The van der Waals surface area contributed by atoms with Gasteiger partial charge in [0.15, 0.2) is 6.20 Å². The van der Waals surface area contributed by atoms with Gasteiger partial charge in [-0.1, -0.05) is 30.3 Å². The maximum Gasteiger partial charge on any atom is 0.177 e. The molecule has 0 amide bonds. The predicted octanol–water partition coefficient (Wildman–Crippen LogP) is 2.12. The molecule has 2 nitrogen and oxygen atoms in total. The third kappa shape index (κ3) is 1.86. The summed E-state index contributed by atoms with van der Waals surface area (Å²) in [5, 5.41) is 2.97. The summed E-state index contributed by atoms with van der Waals surface area (Å²) in [5.41, 5.74) is 1.89. The molecule has 0 unspecified atom stereocenters. The zero-order chi connectivity index (χ0) is 8.81. The highest BCUT2D eigenvalue weighted by molar-refractivity contribution is 5.64. The molecule has 0 aliphatic carbocycles. The van der Waals surface area contributed by atoms with Gasteiger partial charge in [0.1, 0.15) is 0 Å². The summed E-state index contributed by atoms with van der Waals surface area (Å²) < 4.78 is 0. The first-order valence-electron chi connectivity index (χ1n) is 3.68. The van der Waals surface area contributed by atoms with Crippen LogP contribution in [0.25, 0.3) is 10.5 Å². The minimum absolute atomic E-state index is 0.852. The SMILES string of the molecule is [C-]#[N+]/C=C(/NC)c1ccccc1. The minimum Gasteiger partial charge on any atom is -0.397 e. The summed E-state index contributed by atoms with van der Waals surface area (Å²) >= 11 is 0. The molecule has 60 valence electrons. The van der Waals surface area contributed by atoms with Crippen LogP contribution in [-0.4, -0.2) is 7.05 Å². The lowest BCUT2D eigenvalue weighted by molar-refractivity contribution is 1.13. The monoisotopic (exact) mass is 158 g/mol. The van der Waals surface area contributed by atoms with E-state index < -0.39 is 0 Å². The smallest absolute Gasteiger partial charge is 0.177 e. The lowest BCUT2D eigenvalue weighted by Crippen LogP contribution is -2.03. The summed E-state index contributed by atoms with van der Waals surface area (Å²) in [4.78, 5) is 3.21. The van der Waals surface area contributed by atoms with E-state index in [9.17, 15) is 0 Å². The van der Waals surface area contributed by atoms with Crippen LogP contribution in [-0.2, 0) is 0 Å². The molecule has 0 aliphatic heterocycles. The van der Waals surface area contributed by atoms with E-state index in [1.807, 2.05) is 37.4 Å². The lowest BCUT2D eigenvalue weighted by atomic mass is 10.2. The molecule has 0 heterocycles. The van der Waals surface area contributed by atoms with Gasteiger partial charge in [0.2, 0.25) is 0 Å². The fraction of sp³-hybridized carbons (Fsp3) is 0.100. The van der Waals surface area contributed by atoms with E-state index >= 15 is 0 Å². The van der Waals surface area contributed by atoms with Gasteiger partial charge in [0.05, 0.1) is 6.57 Å². The second-order valence-electron chi connectivity index (χ2n) is 2.29. The number of hydrogen-bond acceptors (Lipinski definition) is 1. The Morgan fingerprint density at radius 3 is 2.58 bits per heavy atom. The van der Waals surface area contributed by atoms with Crippen LogP contribution in [0, 0.1) is 6.57 Å². The van der Waals surface area contributed by atoms with Gasteiger partial charge in [-0.25, -0.2) is 4.85 Å². The van der Waals surface area contributed by atoms with Crippen LogP contribution in [0.2, 0.25) is 0 Å². The number of benzene rings is 1. The highest BCUT2D eigenvalue weighted by Gasteiger charge is 1.94. The normalized spacial score (nSPS) is 10.5. The van der Waals surface area contributed by atoms with Crippen molar-refractivity contribution in [1.29, 1.82) is 0 Å². The average molecular weight is 158 g/mol. The predicted molar refractivity (Wildman–Crippen MR) is 50.1 cm³/mol. The van der Waals surface area contributed by atoms with Crippen LogP contribution in [0.15, 0.2) is 36.5 Å². The van der Waals surface area contributed by atoms with Crippen molar-refractivity contribution in [3.8, 4) is 0 Å². The number of nitrogens with one attached hydrogen (secondary N) is 1. The molecule has 1 N–H and O–H groups in total. The molecule has 1 aromatic rings. The van der Waals surface area contributed by atoms with E-state index in [2.05, 4.69) is 10.2 Å². The van der Waals surface area contributed by atoms with Crippen molar-refractivity contribution in [2.24, 2.45) is 0 Å². The summed E-state index contributed by atoms with van der Waals surface area (Å²) in [5.74, 6) is 0. The first kappa shape index (κ1) is 8.35. The molecule has 2 heteroatoms. The molecule has 0 bridgehead atoms. The second kappa shape index (κ2) is 4.20. The van der Waals surface area contributed by atoms with E-state index in [4.69, 9.17) is 6.57 Å². The molecule has 0 atom stereocenters. The van der Waals surface area contributed by atoms with Crippen molar-refractivity contribution in [1.82, 2.24) is 5.32 Å². The molecule has 0 fully saturated rings. The third-order valence-corrected chi connectivity index (χ3v) is 1.55. The van der Waals surface area contributed by atoms with Gasteiger partial charge < -0.3 is 5.32 Å². The van der Waals surface area contributed by atoms with E-state index in [-0.39, 0.29) is 0 Å². The quantitative estimate of drug-likeness (QED) is 0.652. The van der Waals surface area contributed by atoms with Crippen LogP contribution in [0.3, 0.4) is 0 Å². The standard InChI is InChI=1S/C10H10N2/c1-11-8-10(12-2)9-6-4-3-5-7-9/h3-8,12H,2H3/b10-8+.